The van der Waals surface area contributed by atoms with E-state index >= 15 is 0 Å². The molecule has 1 heterocycles. The highest BCUT2D eigenvalue weighted by Crippen LogP contribution is 2.22. The minimum Gasteiger partial charge on any atom is -0.494 e. The van der Waals surface area contributed by atoms with E-state index in [1.807, 2.05) is 30.3 Å². The second-order valence-corrected chi connectivity index (χ2v) is 4.30. The van der Waals surface area contributed by atoms with Crippen LogP contribution in [-0.4, -0.2) is 25.5 Å². The number of aromatic nitrogens is 1. The molecule has 0 aliphatic carbocycles. The van der Waals surface area contributed by atoms with Crippen molar-refractivity contribution in [2.75, 3.05) is 20.3 Å². The van der Waals surface area contributed by atoms with Gasteiger partial charge in [0.2, 0.25) is 0 Å². The minimum absolute atomic E-state index is 0.327. The molecule has 5 heteroatoms. The van der Waals surface area contributed by atoms with Crippen molar-refractivity contribution in [3.05, 3.63) is 36.1 Å². The van der Waals surface area contributed by atoms with Gasteiger partial charge in [0.25, 0.3) is 0 Å². The Morgan fingerprint density at radius 3 is 2.63 bits per heavy atom. The smallest absolute Gasteiger partial charge is 0.152 e. The van der Waals surface area contributed by atoms with Crippen LogP contribution < -0.4 is 4.74 Å². The van der Waals surface area contributed by atoms with Crippen molar-refractivity contribution in [1.82, 2.24) is 5.16 Å². The molecule has 0 unspecified atom stereocenters. The second-order valence-electron chi connectivity index (χ2n) is 4.03. The largest absolute Gasteiger partial charge is 0.494 e. The van der Waals surface area contributed by atoms with Crippen LogP contribution in [0.3, 0.4) is 0 Å². The molecule has 0 N–H and O–H groups in total. The molecule has 0 aliphatic heterocycles. The number of ether oxygens (including phenoxy) is 2. The topological polar surface area (TPSA) is 44.5 Å². The van der Waals surface area contributed by atoms with E-state index in [4.69, 9.17) is 25.6 Å². The van der Waals surface area contributed by atoms with Crippen molar-refractivity contribution in [2.45, 2.75) is 12.3 Å². The van der Waals surface area contributed by atoms with E-state index in [0.29, 0.717) is 24.9 Å². The summed E-state index contributed by atoms with van der Waals surface area (Å²) in [7, 11) is 1.68. The Hall–Kier alpha value is -1.52. The van der Waals surface area contributed by atoms with Crippen molar-refractivity contribution >= 4 is 11.6 Å². The molecular weight excluding hydrogens is 266 g/mol. The average molecular weight is 282 g/mol. The molecule has 0 saturated heterocycles. The van der Waals surface area contributed by atoms with Crippen LogP contribution in [0.1, 0.15) is 12.2 Å². The van der Waals surface area contributed by atoms with E-state index in [-0.39, 0.29) is 0 Å². The third kappa shape index (κ3) is 3.98. The highest BCUT2D eigenvalue weighted by Gasteiger charge is 2.05. The summed E-state index contributed by atoms with van der Waals surface area (Å²) in [5.74, 6) is 1.82. The molecule has 0 bridgehead atoms. The van der Waals surface area contributed by atoms with Gasteiger partial charge in [-0.05, 0) is 24.3 Å². The summed E-state index contributed by atoms with van der Waals surface area (Å²) < 4.78 is 15.6. The number of halogens is 1. The van der Waals surface area contributed by atoms with Gasteiger partial charge in [0.15, 0.2) is 5.76 Å². The summed E-state index contributed by atoms with van der Waals surface area (Å²) >= 11 is 5.67. The number of rotatable bonds is 7. The quantitative estimate of drug-likeness (QED) is 0.575. The lowest BCUT2D eigenvalue weighted by molar-refractivity contribution is 0.172. The standard InChI is InChI=1S/C14H16ClNO3/c1-17-7-2-8-18-12-5-3-11(4-6-12)14-9-13(10-15)19-16-14/h3-6,9H,2,7-8,10H2,1H3. The molecule has 2 aromatic rings. The third-order valence-corrected chi connectivity index (χ3v) is 2.87. The van der Waals surface area contributed by atoms with E-state index in [9.17, 15) is 0 Å². The fraction of sp³-hybridized carbons (Fsp3) is 0.357. The van der Waals surface area contributed by atoms with Crippen LogP contribution in [-0.2, 0) is 10.6 Å². The number of methoxy groups -OCH3 is 1. The fourth-order valence-electron chi connectivity index (χ4n) is 1.63. The number of hydrogen-bond acceptors (Lipinski definition) is 4. The van der Waals surface area contributed by atoms with E-state index in [1.54, 1.807) is 7.11 Å². The number of hydrogen-bond donors (Lipinski definition) is 0. The van der Waals surface area contributed by atoms with E-state index in [1.165, 1.54) is 0 Å². The van der Waals surface area contributed by atoms with Crippen LogP contribution >= 0.6 is 11.6 Å². The van der Waals surface area contributed by atoms with Crippen LogP contribution in [0.2, 0.25) is 0 Å². The first-order valence-corrected chi connectivity index (χ1v) is 6.60. The average Bonchev–Trinajstić information content (AvgIpc) is 2.93. The lowest BCUT2D eigenvalue weighted by Gasteiger charge is -2.05. The van der Waals surface area contributed by atoms with Gasteiger partial charge in [-0.25, -0.2) is 0 Å². The molecule has 4 nitrogen and oxygen atoms in total. The number of nitrogens with zero attached hydrogens (tertiary/aromatic N) is 1. The summed E-state index contributed by atoms with van der Waals surface area (Å²) in [6.45, 7) is 1.35. The van der Waals surface area contributed by atoms with Gasteiger partial charge in [-0.15, -0.1) is 11.6 Å². The molecule has 0 aliphatic rings. The predicted octanol–water partition coefficient (Wildman–Crippen LogP) is 3.50. The Labute approximate surface area is 117 Å². The summed E-state index contributed by atoms with van der Waals surface area (Å²) in [6, 6.07) is 9.55. The molecule has 0 fully saturated rings. The second kappa shape index (κ2) is 7.16. The summed E-state index contributed by atoms with van der Waals surface area (Å²) in [5, 5.41) is 3.96. The van der Waals surface area contributed by atoms with Crippen molar-refractivity contribution in [3.63, 3.8) is 0 Å². The van der Waals surface area contributed by atoms with Gasteiger partial charge in [0, 0.05) is 31.8 Å². The van der Waals surface area contributed by atoms with Gasteiger partial charge in [0.1, 0.15) is 11.4 Å². The summed E-state index contributed by atoms with van der Waals surface area (Å²) in [5.41, 5.74) is 1.76. The predicted molar refractivity (Wildman–Crippen MR) is 73.5 cm³/mol. The molecule has 0 saturated carbocycles. The Bertz CT molecular complexity index is 496. The van der Waals surface area contributed by atoms with Crippen LogP contribution in [0.25, 0.3) is 11.3 Å². The monoisotopic (exact) mass is 281 g/mol. The Balaban J connectivity index is 1.94. The zero-order valence-electron chi connectivity index (χ0n) is 10.8. The van der Waals surface area contributed by atoms with Gasteiger partial charge in [-0.1, -0.05) is 5.16 Å². The maximum absolute atomic E-state index is 5.67. The Morgan fingerprint density at radius 1 is 1.21 bits per heavy atom. The molecule has 1 aromatic carbocycles. The first-order chi connectivity index (χ1) is 9.33. The van der Waals surface area contributed by atoms with Gasteiger partial charge in [-0.2, -0.15) is 0 Å². The zero-order chi connectivity index (χ0) is 13.5. The van der Waals surface area contributed by atoms with Crippen LogP contribution in [0.15, 0.2) is 34.9 Å². The van der Waals surface area contributed by atoms with Crippen molar-refractivity contribution in [2.24, 2.45) is 0 Å². The Morgan fingerprint density at radius 2 is 2.00 bits per heavy atom. The lowest BCUT2D eigenvalue weighted by atomic mass is 10.1. The molecule has 1 aromatic heterocycles. The van der Waals surface area contributed by atoms with Crippen molar-refractivity contribution in [1.29, 1.82) is 0 Å². The molecule has 0 spiro atoms. The van der Waals surface area contributed by atoms with Gasteiger partial charge < -0.3 is 14.0 Å². The van der Waals surface area contributed by atoms with E-state index in [0.717, 1.165) is 23.4 Å². The Kier molecular flexibility index (Phi) is 5.24. The summed E-state index contributed by atoms with van der Waals surface area (Å²) in [4.78, 5) is 0. The van der Waals surface area contributed by atoms with Crippen molar-refractivity contribution in [3.8, 4) is 17.0 Å². The van der Waals surface area contributed by atoms with Crippen LogP contribution in [0.4, 0.5) is 0 Å². The summed E-state index contributed by atoms with van der Waals surface area (Å²) in [6.07, 6.45) is 0.876. The molecule has 2 rings (SSSR count). The molecular formula is C14H16ClNO3. The SMILES string of the molecule is COCCCOc1ccc(-c2cc(CCl)on2)cc1. The maximum Gasteiger partial charge on any atom is 0.152 e. The molecule has 102 valence electrons. The first kappa shape index (κ1) is 13.9. The number of alkyl halides is 1. The molecule has 19 heavy (non-hydrogen) atoms. The van der Waals surface area contributed by atoms with Crippen LogP contribution in [0, 0.1) is 0 Å². The van der Waals surface area contributed by atoms with E-state index < -0.39 is 0 Å². The highest BCUT2D eigenvalue weighted by molar-refractivity contribution is 6.16. The third-order valence-electron chi connectivity index (χ3n) is 2.60. The van der Waals surface area contributed by atoms with Crippen LogP contribution in [0.5, 0.6) is 5.75 Å². The van der Waals surface area contributed by atoms with E-state index in [2.05, 4.69) is 5.16 Å². The molecule has 0 amide bonds. The van der Waals surface area contributed by atoms with Gasteiger partial charge in [0.05, 0.1) is 12.5 Å². The minimum atomic E-state index is 0.327. The first-order valence-electron chi connectivity index (χ1n) is 6.07. The normalized spacial score (nSPS) is 10.6. The maximum atomic E-state index is 5.67. The number of benzene rings is 1. The lowest BCUT2D eigenvalue weighted by Crippen LogP contribution is -2.01. The molecule has 0 radical (unpaired) electrons. The van der Waals surface area contributed by atoms with Gasteiger partial charge in [-0.3, -0.25) is 0 Å². The highest BCUT2D eigenvalue weighted by atomic mass is 35.5. The van der Waals surface area contributed by atoms with Crippen molar-refractivity contribution < 1.29 is 14.0 Å². The molecule has 0 atom stereocenters. The zero-order valence-corrected chi connectivity index (χ0v) is 11.5. The van der Waals surface area contributed by atoms with Gasteiger partial charge >= 0.3 is 0 Å². The fourth-order valence-corrected chi connectivity index (χ4v) is 1.75.